The van der Waals surface area contributed by atoms with Crippen LogP contribution in [0.1, 0.15) is 6.42 Å². The van der Waals surface area contributed by atoms with Crippen LogP contribution in [0.15, 0.2) is 0 Å². The summed E-state index contributed by atoms with van der Waals surface area (Å²) in [6.07, 6.45) is 0.747. The van der Waals surface area contributed by atoms with Crippen molar-refractivity contribution in [3.8, 4) is 0 Å². The van der Waals surface area contributed by atoms with Gasteiger partial charge in [-0.3, -0.25) is 0 Å². The zero-order chi connectivity index (χ0) is 4.83. The van der Waals surface area contributed by atoms with Crippen LogP contribution in [0, 0.1) is 0 Å². The maximum absolute atomic E-state index is 8.12. The summed E-state index contributed by atoms with van der Waals surface area (Å²) in [6, 6.07) is 0. The van der Waals surface area contributed by atoms with E-state index >= 15 is 0 Å². The average Bonchev–Trinajstić information content (AvgIpc) is 1.61. The van der Waals surface area contributed by atoms with Crippen LogP contribution in [0.4, 0.5) is 0 Å². The molecule has 0 aromatic carbocycles. The monoisotopic (exact) mass is 145 g/mol. The van der Waals surface area contributed by atoms with Gasteiger partial charge in [0.15, 0.2) is 0 Å². The third-order valence-electron chi connectivity index (χ3n) is 0.507. The van der Waals surface area contributed by atoms with Crippen molar-refractivity contribution in [3.63, 3.8) is 0 Å². The molecule has 0 fully saturated rings. The molecule has 0 aromatic heterocycles. The fourth-order valence-electron chi connectivity index (χ4n) is 0.209. The Morgan fingerprint density at radius 3 is 2.29 bits per heavy atom. The number of ether oxygens (including phenoxy) is 1. The number of aliphatic hydroxyl groups excluding tert-OH is 1. The average molecular weight is 145 g/mol. The van der Waals surface area contributed by atoms with Gasteiger partial charge >= 0.3 is 0 Å². The molecule has 2 nitrogen and oxygen atoms in total. The van der Waals surface area contributed by atoms with Gasteiger partial charge in [0, 0.05) is 37.4 Å². The summed E-state index contributed by atoms with van der Waals surface area (Å²) >= 11 is 0. The van der Waals surface area contributed by atoms with Gasteiger partial charge in [0.2, 0.25) is 0 Å². The molecule has 0 amide bonds. The van der Waals surface area contributed by atoms with Gasteiger partial charge in [0.25, 0.3) is 0 Å². The Hall–Kier alpha value is 0.439. The minimum Gasteiger partial charge on any atom is -0.396 e. The van der Waals surface area contributed by atoms with E-state index < -0.39 is 0 Å². The molecule has 0 unspecified atom stereocenters. The maximum atomic E-state index is 8.12. The van der Waals surface area contributed by atoms with E-state index in [2.05, 4.69) is 4.74 Å². The van der Waals surface area contributed by atoms with Gasteiger partial charge < -0.3 is 9.84 Å². The molecule has 0 aliphatic carbocycles. The van der Waals surface area contributed by atoms with E-state index in [-0.39, 0.29) is 23.7 Å². The van der Waals surface area contributed by atoms with E-state index in [1.54, 1.807) is 7.11 Å². The van der Waals surface area contributed by atoms with Gasteiger partial charge in [-0.05, 0) is 6.42 Å². The molecule has 0 rings (SSSR count). The summed E-state index contributed by atoms with van der Waals surface area (Å²) in [5, 5.41) is 8.12. The van der Waals surface area contributed by atoms with Crippen LogP contribution in [0.25, 0.3) is 0 Å². The molecule has 0 aromatic rings. The summed E-state index contributed by atoms with van der Waals surface area (Å²) in [6.45, 7) is 0.893. The van der Waals surface area contributed by atoms with Crippen LogP contribution in [-0.2, 0) is 21.8 Å². The van der Waals surface area contributed by atoms with E-state index in [0.717, 1.165) is 6.42 Å². The largest absolute Gasteiger partial charge is 0.396 e. The van der Waals surface area contributed by atoms with Crippen molar-refractivity contribution < 1.29 is 26.9 Å². The van der Waals surface area contributed by atoms with Crippen molar-refractivity contribution in [1.82, 2.24) is 0 Å². The van der Waals surface area contributed by atoms with E-state index in [4.69, 9.17) is 5.11 Å². The van der Waals surface area contributed by atoms with E-state index in [9.17, 15) is 0 Å². The number of hydrogen-bond acceptors (Lipinski definition) is 2. The van der Waals surface area contributed by atoms with Crippen LogP contribution in [0.3, 0.4) is 0 Å². The summed E-state index contributed by atoms with van der Waals surface area (Å²) in [5.41, 5.74) is 0. The second kappa shape index (κ2) is 9.67. The number of methoxy groups -OCH3 is 1. The first-order valence-corrected chi connectivity index (χ1v) is 2.01. The van der Waals surface area contributed by atoms with E-state index in [1.165, 1.54) is 0 Å². The number of rotatable bonds is 3. The predicted molar refractivity (Wildman–Crippen MR) is 23.6 cm³/mol. The summed E-state index contributed by atoms with van der Waals surface area (Å²) in [7, 11) is 1.62. The van der Waals surface area contributed by atoms with Crippen LogP contribution >= 0.6 is 0 Å². The number of hydrogen-bond donors (Lipinski definition) is 1. The third kappa shape index (κ3) is 10.7. The second-order valence-corrected chi connectivity index (χ2v) is 1.07. The molecule has 1 N–H and O–H groups in total. The Kier molecular flexibility index (Phi) is 14.4. The third-order valence-corrected chi connectivity index (χ3v) is 0.507. The SMILES string of the molecule is COCCCO.[Mn]. The van der Waals surface area contributed by atoms with Gasteiger partial charge in [0.05, 0.1) is 0 Å². The molecule has 0 bridgehead atoms. The van der Waals surface area contributed by atoms with Crippen LogP contribution in [0.2, 0.25) is 0 Å². The Balaban J connectivity index is 0. The molecule has 0 heterocycles. The van der Waals surface area contributed by atoms with E-state index in [0.29, 0.717) is 6.61 Å². The van der Waals surface area contributed by atoms with Crippen LogP contribution in [-0.4, -0.2) is 25.4 Å². The van der Waals surface area contributed by atoms with Crippen molar-refractivity contribution in [2.24, 2.45) is 0 Å². The van der Waals surface area contributed by atoms with Gasteiger partial charge in [-0.15, -0.1) is 0 Å². The fraction of sp³-hybridized carbons (Fsp3) is 1.00. The first-order valence-electron chi connectivity index (χ1n) is 2.01. The smallest absolute Gasteiger partial charge is 0.0484 e. The summed E-state index contributed by atoms with van der Waals surface area (Å²) in [5.74, 6) is 0. The molecular weight excluding hydrogens is 135 g/mol. The topological polar surface area (TPSA) is 29.5 Å². The molecule has 0 aliphatic rings. The molecule has 0 saturated carbocycles. The van der Waals surface area contributed by atoms with Crippen LogP contribution in [0.5, 0.6) is 0 Å². The molecule has 7 heavy (non-hydrogen) atoms. The summed E-state index contributed by atoms with van der Waals surface area (Å²) in [4.78, 5) is 0. The molecule has 0 spiro atoms. The van der Waals surface area contributed by atoms with Crippen molar-refractivity contribution in [3.05, 3.63) is 0 Å². The Bertz CT molecular complexity index is 21.7. The minimum absolute atomic E-state index is 0. The summed E-state index contributed by atoms with van der Waals surface area (Å²) < 4.78 is 4.62. The van der Waals surface area contributed by atoms with Crippen molar-refractivity contribution >= 4 is 0 Å². The van der Waals surface area contributed by atoms with Crippen LogP contribution < -0.4 is 0 Å². The number of aliphatic hydroxyl groups is 1. The molecule has 1 radical (unpaired) electrons. The molecule has 3 heteroatoms. The van der Waals surface area contributed by atoms with E-state index in [1.807, 2.05) is 0 Å². The van der Waals surface area contributed by atoms with Crippen molar-refractivity contribution in [1.29, 1.82) is 0 Å². The standard InChI is InChI=1S/C4H10O2.Mn/c1-6-4-2-3-5;/h5H,2-4H2,1H3;. The van der Waals surface area contributed by atoms with Crippen molar-refractivity contribution in [2.75, 3.05) is 20.3 Å². The van der Waals surface area contributed by atoms with Gasteiger partial charge in [-0.1, -0.05) is 0 Å². The molecular formula is C4H10MnO2. The Labute approximate surface area is 54.3 Å². The molecule has 0 atom stereocenters. The molecule has 45 valence electrons. The van der Waals surface area contributed by atoms with Gasteiger partial charge in [0.1, 0.15) is 0 Å². The normalized spacial score (nSPS) is 7.71. The van der Waals surface area contributed by atoms with Gasteiger partial charge in [-0.2, -0.15) is 0 Å². The maximum Gasteiger partial charge on any atom is 0.0484 e. The first-order chi connectivity index (χ1) is 2.91. The molecule has 0 saturated heterocycles. The second-order valence-electron chi connectivity index (χ2n) is 1.07. The quantitative estimate of drug-likeness (QED) is 0.447. The fourth-order valence-corrected chi connectivity index (χ4v) is 0.209. The Morgan fingerprint density at radius 1 is 1.57 bits per heavy atom. The predicted octanol–water partition coefficient (Wildman–Crippen LogP) is 0.0127. The zero-order valence-electron chi connectivity index (χ0n) is 4.35. The first kappa shape index (κ1) is 10.4. The van der Waals surface area contributed by atoms with Crippen molar-refractivity contribution in [2.45, 2.75) is 6.42 Å². The molecule has 0 aliphatic heterocycles. The zero-order valence-corrected chi connectivity index (χ0v) is 5.54. The van der Waals surface area contributed by atoms with Gasteiger partial charge in [-0.25, -0.2) is 0 Å². The Morgan fingerprint density at radius 2 is 2.14 bits per heavy atom. The minimum atomic E-state index is 0.